The number of rotatable bonds is 4. The van der Waals surface area contributed by atoms with E-state index >= 15 is 0 Å². The number of nitrogens with zero attached hydrogens (tertiary/aromatic N) is 3. The molecule has 5 heteroatoms. The van der Waals surface area contributed by atoms with E-state index in [1.54, 1.807) is 23.9 Å². The van der Waals surface area contributed by atoms with E-state index in [0.717, 1.165) is 38.7 Å². The Bertz CT molecular complexity index is 1660. The molecule has 5 aromatic rings. The normalized spacial score (nSPS) is 15.0. The zero-order chi connectivity index (χ0) is 25.0. The van der Waals surface area contributed by atoms with E-state index in [9.17, 15) is 9.59 Å². The Balaban J connectivity index is 1.65. The van der Waals surface area contributed by atoms with Crippen LogP contribution in [0.4, 0.5) is 0 Å². The maximum Gasteiger partial charge on any atom is 0.255 e. The van der Waals surface area contributed by atoms with Gasteiger partial charge in [0.15, 0.2) is 0 Å². The minimum atomic E-state index is -0.370. The zero-order valence-electron chi connectivity index (χ0n) is 20.6. The van der Waals surface area contributed by atoms with Crippen molar-refractivity contribution in [2.45, 2.75) is 6.04 Å². The van der Waals surface area contributed by atoms with Gasteiger partial charge < -0.3 is 14.4 Å². The van der Waals surface area contributed by atoms with Crippen LogP contribution in [0.2, 0.25) is 0 Å². The third-order valence-corrected chi connectivity index (χ3v) is 7.31. The number of para-hydroxylation sites is 1. The Kier molecular flexibility index (Phi) is 5.15. The summed E-state index contributed by atoms with van der Waals surface area (Å²) in [6.45, 7) is 0.0194. The van der Waals surface area contributed by atoms with Crippen molar-refractivity contribution < 1.29 is 9.59 Å². The predicted octanol–water partition coefficient (Wildman–Crippen LogP) is 5.63. The zero-order valence-corrected chi connectivity index (χ0v) is 20.6. The molecule has 2 heterocycles. The molecule has 6 rings (SSSR count). The standard InChI is InChI=1S/C31H27N3O2/c1-32(2)27(35)19-34-30(23-12-6-7-13-24(23)31(34)36)28-25-14-8-9-15-26(25)33(3)29(28)22-17-16-20-10-4-5-11-21(20)18-22/h4-18,30H,19H2,1-3H3/t30-/m0/s1. The van der Waals surface area contributed by atoms with Crippen molar-refractivity contribution in [1.82, 2.24) is 14.4 Å². The van der Waals surface area contributed by atoms with Crippen LogP contribution in [-0.2, 0) is 11.8 Å². The molecule has 36 heavy (non-hydrogen) atoms. The lowest BCUT2D eigenvalue weighted by Gasteiger charge is -2.27. The van der Waals surface area contributed by atoms with Crippen LogP contribution in [0.3, 0.4) is 0 Å². The monoisotopic (exact) mass is 473 g/mol. The molecule has 1 atom stereocenters. The molecule has 5 nitrogen and oxygen atoms in total. The highest BCUT2D eigenvalue weighted by atomic mass is 16.2. The summed E-state index contributed by atoms with van der Waals surface area (Å²) < 4.78 is 2.21. The largest absolute Gasteiger partial charge is 0.347 e. The number of carbonyl (C=O) groups excluding carboxylic acids is 2. The molecule has 4 aromatic carbocycles. The summed E-state index contributed by atoms with van der Waals surface area (Å²) in [6, 6.07) is 30.5. The first kappa shape index (κ1) is 22.1. The van der Waals surface area contributed by atoms with E-state index in [2.05, 4.69) is 60.1 Å². The molecular formula is C31H27N3O2. The van der Waals surface area contributed by atoms with Gasteiger partial charge in [0.1, 0.15) is 6.54 Å². The van der Waals surface area contributed by atoms with Crippen LogP contribution in [0, 0.1) is 0 Å². The van der Waals surface area contributed by atoms with Crippen molar-refractivity contribution in [2.75, 3.05) is 20.6 Å². The second-order valence-electron chi connectivity index (χ2n) is 9.61. The van der Waals surface area contributed by atoms with Crippen LogP contribution < -0.4 is 0 Å². The van der Waals surface area contributed by atoms with Gasteiger partial charge >= 0.3 is 0 Å². The van der Waals surface area contributed by atoms with E-state index in [-0.39, 0.29) is 24.4 Å². The molecule has 0 unspecified atom stereocenters. The number of fused-ring (bicyclic) bond motifs is 3. The number of hydrogen-bond donors (Lipinski definition) is 0. The van der Waals surface area contributed by atoms with Crippen molar-refractivity contribution in [3.05, 3.63) is 108 Å². The van der Waals surface area contributed by atoms with Crippen molar-refractivity contribution in [1.29, 1.82) is 0 Å². The maximum atomic E-state index is 13.7. The molecule has 1 aromatic heterocycles. The van der Waals surface area contributed by atoms with Gasteiger partial charge in [-0.25, -0.2) is 0 Å². The van der Waals surface area contributed by atoms with Gasteiger partial charge in [-0.05, 0) is 40.1 Å². The number of hydrogen-bond acceptors (Lipinski definition) is 2. The summed E-state index contributed by atoms with van der Waals surface area (Å²) in [7, 11) is 5.53. The van der Waals surface area contributed by atoms with E-state index < -0.39 is 0 Å². The van der Waals surface area contributed by atoms with E-state index in [0.29, 0.717) is 5.56 Å². The molecule has 2 amide bonds. The lowest BCUT2D eigenvalue weighted by molar-refractivity contribution is -0.129. The minimum Gasteiger partial charge on any atom is -0.347 e. The molecular weight excluding hydrogens is 446 g/mol. The Labute approximate surface area is 210 Å². The highest BCUT2D eigenvalue weighted by molar-refractivity contribution is 6.04. The Morgan fingerprint density at radius 3 is 2.36 bits per heavy atom. The van der Waals surface area contributed by atoms with Gasteiger partial charge in [-0.3, -0.25) is 9.59 Å². The second kappa shape index (κ2) is 8.38. The SMILES string of the molecule is CN(C)C(=O)CN1C(=O)c2ccccc2[C@H]1c1c(-c2ccc3ccccc3c2)n(C)c2ccccc12. The average molecular weight is 474 g/mol. The van der Waals surface area contributed by atoms with Crippen molar-refractivity contribution >= 4 is 33.5 Å². The first-order valence-corrected chi connectivity index (χ1v) is 12.1. The van der Waals surface area contributed by atoms with E-state index in [1.165, 1.54) is 5.39 Å². The molecule has 0 saturated carbocycles. The molecule has 1 aliphatic heterocycles. The smallest absolute Gasteiger partial charge is 0.255 e. The van der Waals surface area contributed by atoms with Gasteiger partial charge in [0.2, 0.25) is 5.91 Å². The fourth-order valence-corrected chi connectivity index (χ4v) is 5.52. The number of likely N-dealkylation sites (N-methyl/N-ethyl adjacent to an activating group) is 1. The summed E-state index contributed by atoms with van der Waals surface area (Å²) in [4.78, 5) is 29.8. The van der Waals surface area contributed by atoms with E-state index in [4.69, 9.17) is 0 Å². The summed E-state index contributed by atoms with van der Waals surface area (Å²) in [5.74, 6) is -0.211. The summed E-state index contributed by atoms with van der Waals surface area (Å²) in [6.07, 6.45) is 0. The molecule has 0 N–H and O–H groups in total. The van der Waals surface area contributed by atoms with Crippen LogP contribution >= 0.6 is 0 Å². The molecule has 0 bridgehead atoms. The topological polar surface area (TPSA) is 45.6 Å². The molecule has 0 spiro atoms. The third kappa shape index (κ3) is 3.31. The van der Waals surface area contributed by atoms with Gasteiger partial charge in [-0.2, -0.15) is 0 Å². The van der Waals surface area contributed by atoms with Crippen LogP contribution in [-0.4, -0.2) is 46.8 Å². The number of aromatic nitrogens is 1. The lowest BCUT2D eigenvalue weighted by atomic mass is 9.92. The Morgan fingerprint density at radius 1 is 0.861 bits per heavy atom. The number of aryl methyl sites for hydroxylation is 1. The van der Waals surface area contributed by atoms with Gasteiger partial charge in [-0.1, -0.05) is 72.8 Å². The minimum absolute atomic E-state index is 0.0194. The van der Waals surface area contributed by atoms with Gasteiger partial charge in [0, 0.05) is 43.2 Å². The fraction of sp³-hybridized carbons (Fsp3) is 0.161. The van der Waals surface area contributed by atoms with Gasteiger partial charge in [0.25, 0.3) is 5.91 Å². The summed E-state index contributed by atoms with van der Waals surface area (Å²) >= 11 is 0. The lowest BCUT2D eigenvalue weighted by Crippen LogP contribution is -2.39. The van der Waals surface area contributed by atoms with E-state index in [1.807, 2.05) is 42.5 Å². The number of carbonyl (C=O) groups is 2. The predicted molar refractivity (Wildman–Crippen MR) is 144 cm³/mol. The molecule has 0 fully saturated rings. The molecule has 0 saturated heterocycles. The fourth-order valence-electron chi connectivity index (χ4n) is 5.52. The molecule has 0 radical (unpaired) electrons. The molecule has 1 aliphatic rings. The van der Waals surface area contributed by atoms with Gasteiger partial charge in [0.05, 0.1) is 11.7 Å². The number of amides is 2. The summed E-state index contributed by atoms with van der Waals surface area (Å²) in [5, 5.41) is 3.43. The van der Waals surface area contributed by atoms with Crippen LogP contribution in [0.1, 0.15) is 27.5 Å². The van der Waals surface area contributed by atoms with Crippen molar-refractivity contribution in [3.8, 4) is 11.3 Å². The van der Waals surface area contributed by atoms with Crippen LogP contribution in [0.25, 0.3) is 32.9 Å². The first-order valence-electron chi connectivity index (χ1n) is 12.1. The van der Waals surface area contributed by atoms with Crippen molar-refractivity contribution in [3.63, 3.8) is 0 Å². The maximum absolute atomic E-state index is 13.7. The first-order chi connectivity index (χ1) is 17.5. The third-order valence-electron chi connectivity index (χ3n) is 7.31. The molecule has 178 valence electrons. The Hall–Kier alpha value is -4.38. The number of benzene rings is 4. The van der Waals surface area contributed by atoms with Crippen LogP contribution in [0.15, 0.2) is 91.0 Å². The molecule has 0 aliphatic carbocycles. The second-order valence-corrected chi connectivity index (χ2v) is 9.61. The summed E-state index contributed by atoms with van der Waals surface area (Å²) in [5.41, 5.74) is 5.87. The van der Waals surface area contributed by atoms with Crippen LogP contribution in [0.5, 0.6) is 0 Å². The Morgan fingerprint density at radius 2 is 1.56 bits per heavy atom. The van der Waals surface area contributed by atoms with Gasteiger partial charge in [-0.15, -0.1) is 0 Å². The van der Waals surface area contributed by atoms with Crippen molar-refractivity contribution in [2.24, 2.45) is 7.05 Å². The average Bonchev–Trinajstić information content (AvgIpc) is 3.34. The highest BCUT2D eigenvalue weighted by Crippen LogP contribution is 2.46. The highest BCUT2D eigenvalue weighted by Gasteiger charge is 2.41. The quantitative estimate of drug-likeness (QED) is 0.340.